The van der Waals surface area contributed by atoms with E-state index in [9.17, 15) is 9.59 Å². The number of carbonyl (C=O) groups excluding carboxylic acids is 2. The molecular formula is C17H13ClN2O3. The molecule has 0 aliphatic carbocycles. The number of fused-ring (bicyclic) bond motifs is 1. The molecule has 0 saturated carbocycles. The molecule has 0 saturated heterocycles. The quantitative estimate of drug-likeness (QED) is 0.493. The van der Waals surface area contributed by atoms with E-state index in [1.165, 1.54) is 18.5 Å². The predicted molar refractivity (Wildman–Crippen MR) is 87.1 cm³/mol. The van der Waals surface area contributed by atoms with Crippen LogP contribution in [0, 0.1) is 0 Å². The summed E-state index contributed by atoms with van der Waals surface area (Å²) >= 11 is 5.82. The maximum absolute atomic E-state index is 12.8. The first-order valence-electron chi connectivity index (χ1n) is 7.05. The van der Waals surface area contributed by atoms with Gasteiger partial charge in [-0.3, -0.25) is 9.59 Å². The molecule has 1 aliphatic heterocycles. The van der Waals surface area contributed by atoms with Gasteiger partial charge in [0.05, 0.1) is 23.5 Å². The van der Waals surface area contributed by atoms with Crippen LogP contribution in [0.4, 0.5) is 5.82 Å². The highest BCUT2D eigenvalue weighted by atomic mass is 35.5. The minimum atomic E-state index is -0.475. The van der Waals surface area contributed by atoms with Crippen molar-refractivity contribution in [1.82, 2.24) is 4.98 Å². The summed E-state index contributed by atoms with van der Waals surface area (Å²) in [5, 5.41) is 0.427. The molecule has 2 heterocycles. The lowest BCUT2D eigenvalue weighted by molar-refractivity contribution is -0.113. The van der Waals surface area contributed by atoms with E-state index in [-0.39, 0.29) is 5.82 Å². The summed E-state index contributed by atoms with van der Waals surface area (Å²) in [6, 6.07) is 10.0. The van der Waals surface area contributed by atoms with Crippen LogP contribution in [0.2, 0.25) is 5.02 Å². The zero-order chi connectivity index (χ0) is 16.4. The minimum Gasteiger partial charge on any atom is -0.501 e. The molecule has 2 aromatic rings. The summed E-state index contributed by atoms with van der Waals surface area (Å²) in [6.45, 7) is 2.24. The number of hydrogen-bond acceptors (Lipinski definition) is 4. The van der Waals surface area contributed by atoms with Gasteiger partial charge in [0.2, 0.25) is 0 Å². The number of rotatable bonds is 3. The lowest BCUT2D eigenvalue weighted by atomic mass is 9.94. The van der Waals surface area contributed by atoms with E-state index >= 15 is 0 Å². The van der Waals surface area contributed by atoms with Gasteiger partial charge < -0.3 is 4.74 Å². The van der Waals surface area contributed by atoms with Crippen LogP contribution < -0.4 is 4.90 Å². The number of hydrogen-bond donors (Lipinski definition) is 0. The summed E-state index contributed by atoms with van der Waals surface area (Å²) in [6.07, 6.45) is 2.78. The van der Waals surface area contributed by atoms with Crippen molar-refractivity contribution in [3.05, 3.63) is 65.0 Å². The zero-order valence-electron chi connectivity index (χ0n) is 12.3. The van der Waals surface area contributed by atoms with Crippen molar-refractivity contribution in [1.29, 1.82) is 0 Å². The van der Waals surface area contributed by atoms with E-state index in [4.69, 9.17) is 16.3 Å². The number of imide groups is 1. The van der Waals surface area contributed by atoms with Gasteiger partial charge >= 0.3 is 0 Å². The average molecular weight is 329 g/mol. The second-order valence-corrected chi connectivity index (χ2v) is 5.25. The predicted octanol–water partition coefficient (Wildman–Crippen LogP) is 3.30. The minimum absolute atomic E-state index is 0.223. The van der Waals surface area contributed by atoms with Gasteiger partial charge in [0.15, 0.2) is 0 Å². The van der Waals surface area contributed by atoms with Crippen molar-refractivity contribution < 1.29 is 14.3 Å². The Hall–Kier alpha value is -2.66. The first-order valence-corrected chi connectivity index (χ1v) is 7.42. The molecular weight excluding hydrogens is 316 g/mol. The molecule has 0 N–H and O–H groups in total. The van der Waals surface area contributed by atoms with Crippen LogP contribution in [-0.2, 0) is 9.53 Å². The van der Waals surface area contributed by atoms with Gasteiger partial charge in [0, 0.05) is 17.3 Å². The lowest BCUT2D eigenvalue weighted by Crippen LogP contribution is -2.42. The Kier molecular flexibility index (Phi) is 4.12. The van der Waals surface area contributed by atoms with Crippen LogP contribution in [0.25, 0.3) is 5.57 Å². The Labute approximate surface area is 138 Å². The second-order valence-electron chi connectivity index (χ2n) is 4.81. The molecule has 6 heteroatoms. The normalized spacial score (nSPS) is 15.7. The smallest absolute Gasteiger partial charge is 0.270 e. The molecule has 1 aromatic carbocycles. The van der Waals surface area contributed by atoms with Gasteiger partial charge in [-0.15, -0.1) is 0 Å². The summed E-state index contributed by atoms with van der Waals surface area (Å²) in [5.74, 6) is -0.674. The van der Waals surface area contributed by atoms with Crippen molar-refractivity contribution >= 4 is 34.8 Å². The summed E-state index contributed by atoms with van der Waals surface area (Å²) in [5.41, 5.74) is 1.30. The van der Waals surface area contributed by atoms with Crippen LogP contribution in [0.15, 0.2) is 48.9 Å². The van der Waals surface area contributed by atoms with E-state index in [1.54, 1.807) is 30.3 Å². The maximum Gasteiger partial charge on any atom is 0.270 e. The number of aromatic nitrogens is 1. The third-order valence-corrected chi connectivity index (χ3v) is 3.62. The maximum atomic E-state index is 12.8. The van der Waals surface area contributed by atoms with Crippen molar-refractivity contribution in [2.24, 2.45) is 0 Å². The third-order valence-electron chi connectivity index (χ3n) is 3.39. The fraction of sp³-hybridized carbons (Fsp3) is 0.118. The number of benzene rings is 1. The number of carbonyl (C=O) groups is 2. The van der Waals surface area contributed by atoms with Crippen LogP contribution in [0.5, 0.6) is 0 Å². The van der Waals surface area contributed by atoms with Gasteiger partial charge in [-0.05, 0) is 25.1 Å². The summed E-state index contributed by atoms with van der Waals surface area (Å²) in [7, 11) is 0. The zero-order valence-corrected chi connectivity index (χ0v) is 13.1. The first-order chi connectivity index (χ1) is 11.1. The van der Waals surface area contributed by atoms with E-state index in [0.717, 1.165) is 4.90 Å². The number of nitrogens with zero attached hydrogens (tertiary/aromatic N) is 2. The molecule has 1 aliphatic rings. The largest absolute Gasteiger partial charge is 0.501 e. The van der Waals surface area contributed by atoms with Gasteiger partial charge in [-0.2, -0.15) is 0 Å². The number of anilines is 1. The van der Waals surface area contributed by atoms with Gasteiger partial charge in [0.25, 0.3) is 11.8 Å². The highest BCUT2D eigenvalue weighted by Crippen LogP contribution is 2.31. The SMILES string of the molecule is CCO/C=C1/C(=O)N(c2ccc(Cl)cn2)C(=O)c2ccccc21. The Bertz CT molecular complexity index is 800. The van der Waals surface area contributed by atoms with E-state index in [1.807, 2.05) is 6.92 Å². The molecule has 0 radical (unpaired) electrons. The number of amides is 2. The molecule has 116 valence electrons. The molecule has 5 nitrogen and oxygen atoms in total. The molecule has 23 heavy (non-hydrogen) atoms. The molecule has 3 rings (SSSR count). The van der Waals surface area contributed by atoms with Crippen molar-refractivity contribution in [3.8, 4) is 0 Å². The Morgan fingerprint density at radius 1 is 1.13 bits per heavy atom. The lowest BCUT2D eigenvalue weighted by Gasteiger charge is -2.27. The van der Waals surface area contributed by atoms with Crippen LogP contribution in [0.3, 0.4) is 0 Å². The van der Waals surface area contributed by atoms with Gasteiger partial charge in [-0.25, -0.2) is 9.88 Å². The molecule has 2 amide bonds. The van der Waals surface area contributed by atoms with Gasteiger partial charge in [-0.1, -0.05) is 29.8 Å². The van der Waals surface area contributed by atoms with Crippen LogP contribution in [0.1, 0.15) is 22.8 Å². The van der Waals surface area contributed by atoms with E-state index < -0.39 is 11.8 Å². The van der Waals surface area contributed by atoms with Crippen LogP contribution in [-0.4, -0.2) is 23.4 Å². The summed E-state index contributed by atoms with van der Waals surface area (Å²) < 4.78 is 5.28. The highest BCUT2D eigenvalue weighted by molar-refractivity contribution is 6.40. The Morgan fingerprint density at radius 3 is 2.52 bits per heavy atom. The van der Waals surface area contributed by atoms with Crippen molar-refractivity contribution in [3.63, 3.8) is 0 Å². The monoisotopic (exact) mass is 328 g/mol. The Balaban J connectivity index is 2.14. The number of pyridine rings is 1. The first kappa shape index (κ1) is 15.2. The standard InChI is InChI=1S/C17H13ClN2O3/c1-2-23-10-14-12-5-3-4-6-13(12)16(21)20(17(14)22)15-8-7-11(18)9-19-15/h3-10H,2H2,1H3/b14-10+. The van der Waals surface area contributed by atoms with E-state index in [2.05, 4.69) is 4.98 Å². The highest BCUT2D eigenvalue weighted by Gasteiger charge is 2.36. The molecule has 0 fully saturated rings. The number of ether oxygens (including phenoxy) is 1. The molecule has 1 aromatic heterocycles. The summed E-state index contributed by atoms with van der Waals surface area (Å²) in [4.78, 5) is 30.6. The third kappa shape index (κ3) is 2.71. The van der Waals surface area contributed by atoms with Crippen molar-refractivity contribution in [2.75, 3.05) is 11.5 Å². The average Bonchev–Trinajstić information content (AvgIpc) is 2.57. The fourth-order valence-electron chi connectivity index (χ4n) is 2.34. The molecule has 0 unspecified atom stereocenters. The Morgan fingerprint density at radius 2 is 1.87 bits per heavy atom. The molecule has 0 atom stereocenters. The molecule has 0 bridgehead atoms. The van der Waals surface area contributed by atoms with Crippen LogP contribution >= 0.6 is 11.6 Å². The van der Waals surface area contributed by atoms with Gasteiger partial charge in [0.1, 0.15) is 5.82 Å². The fourth-order valence-corrected chi connectivity index (χ4v) is 2.45. The van der Waals surface area contributed by atoms with E-state index in [0.29, 0.717) is 28.3 Å². The molecule has 0 spiro atoms. The van der Waals surface area contributed by atoms with Crippen molar-refractivity contribution in [2.45, 2.75) is 6.92 Å². The second kappa shape index (κ2) is 6.22. The topological polar surface area (TPSA) is 59.5 Å². The number of halogens is 1.